The molecule has 10 heteroatoms. The zero-order chi connectivity index (χ0) is 26.6. The molecule has 0 radical (unpaired) electrons. The van der Waals surface area contributed by atoms with Gasteiger partial charge in [0.1, 0.15) is 23.7 Å². The summed E-state index contributed by atoms with van der Waals surface area (Å²) in [6.07, 6.45) is 11.8. The zero-order valence-corrected chi connectivity index (χ0v) is 21.9. The van der Waals surface area contributed by atoms with Gasteiger partial charge < -0.3 is 19.5 Å². The Morgan fingerprint density at radius 3 is 2.76 bits per heavy atom. The summed E-state index contributed by atoms with van der Waals surface area (Å²) in [5.74, 6) is -0.511. The van der Waals surface area contributed by atoms with E-state index in [0.717, 1.165) is 25.7 Å². The molecule has 0 spiro atoms. The van der Waals surface area contributed by atoms with Crippen molar-refractivity contribution in [2.75, 3.05) is 7.05 Å². The number of nitrogens with zero attached hydrogens (tertiary/aromatic N) is 5. The minimum atomic E-state index is -0.766. The lowest BCUT2D eigenvalue weighted by Crippen LogP contribution is -2.48. The molecule has 1 saturated carbocycles. The summed E-state index contributed by atoms with van der Waals surface area (Å²) in [5.41, 5.74) is 2.02. The first kappa shape index (κ1) is 26.4. The SMILES string of the molecule is CC[C@]1(N(C)C(=O)OCc2c(-c3ccc(O[C@H]4CCC[C@H](C(=O)O)C4)c(C)n3)nnn2C)C=CC=CC1. The molecule has 10 nitrogen and oxygen atoms in total. The topological polar surface area (TPSA) is 120 Å². The number of carbonyl (C=O) groups excluding carboxylic acids is 1. The standard InChI is InChI=1S/C27H35N5O5/c1-5-27(14-7-6-8-15-27)31(3)26(35)36-17-22-24(29-30-32(22)4)21-12-13-23(18(2)28-21)37-20-11-9-10-19(16-20)25(33)34/h6-8,12-14,19-20H,5,9-11,15-17H2,1-4H3,(H,33,34)/t19-,20-,27-/m0/s1. The summed E-state index contributed by atoms with van der Waals surface area (Å²) in [6, 6.07) is 3.63. The van der Waals surface area contributed by atoms with E-state index in [1.165, 1.54) is 0 Å². The highest BCUT2D eigenvalue weighted by molar-refractivity contribution is 5.70. The number of carboxylic acid groups (broad SMARTS) is 1. The number of aryl methyl sites for hydroxylation is 2. The van der Waals surface area contributed by atoms with Crippen molar-refractivity contribution >= 4 is 12.1 Å². The Balaban J connectivity index is 1.45. The first-order valence-corrected chi connectivity index (χ1v) is 12.7. The molecule has 1 amide bonds. The van der Waals surface area contributed by atoms with Crippen LogP contribution in [0.15, 0.2) is 36.4 Å². The fourth-order valence-electron chi connectivity index (χ4n) is 5.01. The minimum absolute atomic E-state index is 0.00101. The van der Waals surface area contributed by atoms with E-state index in [0.29, 0.717) is 41.4 Å². The minimum Gasteiger partial charge on any atom is -0.489 e. The Morgan fingerprint density at radius 2 is 2.08 bits per heavy atom. The van der Waals surface area contributed by atoms with Gasteiger partial charge in [-0.2, -0.15) is 0 Å². The molecule has 2 aliphatic rings. The van der Waals surface area contributed by atoms with Crippen LogP contribution in [0, 0.1) is 12.8 Å². The third kappa shape index (κ3) is 5.68. The predicted molar refractivity (Wildman–Crippen MR) is 137 cm³/mol. The monoisotopic (exact) mass is 509 g/mol. The molecule has 0 unspecified atom stereocenters. The van der Waals surface area contributed by atoms with Gasteiger partial charge in [0.25, 0.3) is 0 Å². The number of ether oxygens (including phenoxy) is 2. The normalized spacial score (nSPS) is 23.0. The number of allylic oxidation sites excluding steroid dienone is 2. The second-order valence-corrected chi connectivity index (χ2v) is 9.79. The van der Waals surface area contributed by atoms with Crippen molar-refractivity contribution in [2.24, 2.45) is 13.0 Å². The van der Waals surface area contributed by atoms with E-state index in [9.17, 15) is 14.7 Å². The zero-order valence-electron chi connectivity index (χ0n) is 21.9. The van der Waals surface area contributed by atoms with Crippen LogP contribution >= 0.6 is 0 Å². The number of pyridine rings is 1. The van der Waals surface area contributed by atoms with Gasteiger partial charge in [0.05, 0.1) is 28.9 Å². The molecule has 2 aliphatic carbocycles. The van der Waals surface area contributed by atoms with Crippen LogP contribution in [0.5, 0.6) is 5.75 Å². The molecule has 0 bridgehead atoms. The van der Waals surface area contributed by atoms with Gasteiger partial charge in [-0.3, -0.25) is 4.79 Å². The summed E-state index contributed by atoms with van der Waals surface area (Å²) < 4.78 is 13.4. The van der Waals surface area contributed by atoms with Gasteiger partial charge in [0, 0.05) is 14.1 Å². The van der Waals surface area contributed by atoms with Crippen LogP contribution in [0.3, 0.4) is 0 Å². The average Bonchev–Trinajstić information content (AvgIpc) is 3.28. The van der Waals surface area contributed by atoms with E-state index in [-0.39, 0.29) is 18.6 Å². The van der Waals surface area contributed by atoms with E-state index in [1.54, 1.807) is 29.7 Å². The van der Waals surface area contributed by atoms with Crippen LogP contribution in [0.4, 0.5) is 4.79 Å². The highest BCUT2D eigenvalue weighted by atomic mass is 16.6. The lowest BCUT2D eigenvalue weighted by atomic mass is 9.87. The lowest BCUT2D eigenvalue weighted by Gasteiger charge is -2.38. The maximum absolute atomic E-state index is 12.9. The molecule has 2 aromatic heterocycles. The molecule has 37 heavy (non-hydrogen) atoms. The number of aliphatic carboxylic acids is 1. The molecule has 0 aromatic carbocycles. The molecule has 3 atom stereocenters. The van der Waals surface area contributed by atoms with Crippen LogP contribution in [0.1, 0.15) is 56.8 Å². The number of carboxylic acids is 1. The van der Waals surface area contributed by atoms with Crippen LogP contribution in [0.2, 0.25) is 0 Å². The Bertz CT molecular complexity index is 1210. The fourth-order valence-corrected chi connectivity index (χ4v) is 5.01. The van der Waals surface area contributed by atoms with Gasteiger partial charge in [-0.1, -0.05) is 36.4 Å². The van der Waals surface area contributed by atoms with Crippen LogP contribution < -0.4 is 4.74 Å². The van der Waals surface area contributed by atoms with Gasteiger partial charge >= 0.3 is 12.1 Å². The third-order valence-corrected chi connectivity index (χ3v) is 7.50. The number of amides is 1. The van der Waals surface area contributed by atoms with Gasteiger partial charge in [-0.15, -0.1) is 5.10 Å². The maximum atomic E-state index is 12.9. The second kappa shape index (κ2) is 11.1. The molecular formula is C27H35N5O5. The fraction of sp³-hybridized carbons (Fsp3) is 0.519. The van der Waals surface area contributed by atoms with Crippen molar-refractivity contribution in [3.05, 3.63) is 47.8 Å². The van der Waals surface area contributed by atoms with Crippen LogP contribution in [-0.2, 0) is 23.2 Å². The third-order valence-electron chi connectivity index (χ3n) is 7.50. The number of hydrogen-bond acceptors (Lipinski definition) is 7. The van der Waals surface area contributed by atoms with Crippen LogP contribution in [0.25, 0.3) is 11.4 Å². The van der Waals surface area contributed by atoms with E-state index >= 15 is 0 Å². The summed E-state index contributed by atoms with van der Waals surface area (Å²) in [6.45, 7) is 3.90. The largest absolute Gasteiger partial charge is 0.489 e. The highest BCUT2D eigenvalue weighted by Crippen LogP contribution is 2.31. The van der Waals surface area contributed by atoms with Crippen LogP contribution in [-0.4, -0.2) is 60.7 Å². The first-order valence-electron chi connectivity index (χ1n) is 12.7. The Labute approximate surface area is 217 Å². The lowest BCUT2D eigenvalue weighted by molar-refractivity contribution is -0.143. The van der Waals surface area contributed by atoms with E-state index in [2.05, 4.69) is 28.3 Å². The summed E-state index contributed by atoms with van der Waals surface area (Å²) in [7, 11) is 3.50. The van der Waals surface area contributed by atoms with Crippen molar-refractivity contribution in [3.8, 4) is 17.1 Å². The smallest absolute Gasteiger partial charge is 0.410 e. The summed E-state index contributed by atoms with van der Waals surface area (Å²) in [5, 5.41) is 17.7. The summed E-state index contributed by atoms with van der Waals surface area (Å²) in [4.78, 5) is 30.6. The number of rotatable bonds is 8. The Hall–Kier alpha value is -3.69. The molecule has 2 heterocycles. The number of hydrogen-bond donors (Lipinski definition) is 1. The Morgan fingerprint density at radius 1 is 1.27 bits per heavy atom. The quantitative estimate of drug-likeness (QED) is 0.555. The molecule has 198 valence electrons. The molecule has 4 rings (SSSR count). The molecule has 1 N–H and O–H groups in total. The van der Waals surface area contributed by atoms with Crippen molar-refractivity contribution in [1.29, 1.82) is 0 Å². The molecule has 1 fully saturated rings. The van der Waals surface area contributed by atoms with E-state index in [1.807, 2.05) is 31.2 Å². The van der Waals surface area contributed by atoms with Crippen molar-refractivity contribution in [1.82, 2.24) is 24.9 Å². The Kier molecular flexibility index (Phi) is 7.94. The van der Waals surface area contributed by atoms with Crippen molar-refractivity contribution in [3.63, 3.8) is 0 Å². The van der Waals surface area contributed by atoms with Gasteiger partial charge in [-0.05, 0) is 57.6 Å². The van der Waals surface area contributed by atoms with Gasteiger partial charge in [0.2, 0.25) is 0 Å². The summed E-state index contributed by atoms with van der Waals surface area (Å²) >= 11 is 0. The molecule has 0 aliphatic heterocycles. The number of likely N-dealkylation sites (N-methyl/N-ethyl adjacent to an activating group) is 1. The first-order chi connectivity index (χ1) is 17.7. The number of carbonyl (C=O) groups is 2. The second-order valence-electron chi connectivity index (χ2n) is 9.79. The molecule has 0 saturated heterocycles. The van der Waals surface area contributed by atoms with E-state index in [4.69, 9.17) is 9.47 Å². The highest BCUT2D eigenvalue weighted by Gasteiger charge is 2.34. The van der Waals surface area contributed by atoms with E-state index < -0.39 is 17.6 Å². The predicted octanol–water partition coefficient (Wildman–Crippen LogP) is 4.44. The van der Waals surface area contributed by atoms with Gasteiger partial charge in [-0.25, -0.2) is 14.5 Å². The van der Waals surface area contributed by atoms with Crippen molar-refractivity contribution in [2.45, 2.75) is 70.6 Å². The average molecular weight is 510 g/mol. The molecular weight excluding hydrogens is 474 g/mol. The molecule has 2 aromatic rings. The van der Waals surface area contributed by atoms with Gasteiger partial charge in [0.15, 0.2) is 0 Å². The maximum Gasteiger partial charge on any atom is 0.410 e. The number of aromatic nitrogens is 4. The van der Waals surface area contributed by atoms with Crippen molar-refractivity contribution < 1.29 is 24.2 Å².